The first-order chi connectivity index (χ1) is 9.19. The predicted octanol–water partition coefficient (Wildman–Crippen LogP) is 3.71. The van der Waals surface area contributed by atoms with Crippen LogP contribution in [0.25, 0.3) is 0 Å². The van der Waals surface area contributed by atoms with Crippen molar-refractivity contribution in [3.8, 4) is 5.75 Å². The molecule has 3 heteroatoms. The van der Waals surface area contributed by atoms with Crippen molar-refractivity contribution in [2.24, 2.45) is 5.41 Å². The van der Waals surface area contributed by atoms with E-state index in [4.69, 9.17) is 4.74 Å². The summed E-state index contributed by atoms with van der Waals surface area (Å²) in [6.07, 6.45) is 2.35. The lowest BCUT2D eigenvalue weighted by Crippen LogP contribution is -2.20. The summed E-state index contributed by atoms with van der Waals surface area (Å²) in [5.41, 5.74) is 2.56. The van der Waals surface area contributed by atoms with E-state index >= 15 is 0 Å². The van der Waals surface area contributed by atoms with Crippen molar-refractivity contribution in [1.29, 1.82) is 0 Å². The van der Waals surface area contributed by atoms with Crippen molar-refractivity contribution in [1.82, 2.24) is 0 Å². The number of carboxylic acid groups (broad SMARTS) is 1. The van der Waals surface area contributed by atoms with Crippen LogP contribution in [0.1, 0.15) is 50.3 Å². The van der Waals surface area contributed by atoms with Crippen LogP contribution in [0, 0.1) is 12.3 Å². The fraction of sp³-hybridized carbons (Fsp3) is 0.588. The lowest BCUT2D eigenvalue weighted by Gasteiger charge is -2.23. The van der Waals surface area contributed by atoms with Crippen LogP contribution in [-0.4, -0.2) is 18.2 Å². The van der Waals surface area contributed by atoms with Crippen molar-refractivity contribution in [2.75, 3.05) is 7.11 Å². The molecule has 0 bridgehead atoms. The van der Waals surface area contributed by atoms with Gasteiger partial charge in [-0.25, -0.2) is 0 Å². The fourth-order valence-electron chi connectivity index (χ4n) is 2.87. The van der Waals surface area contributed by atoms with Crippen LogP contribution in [0.3, 0.4) is 0 Å². The number of methoxy groups -OCH3 is 1. The number of hydrogen-bond acceptors (Lipinski definition) is 2. The minimum absolute atomic E-state index is 0.137. The summed E-state index contributed by atoms with van der Waals surface area (Å²) in [5, 5.41) is 9.47. The van der Waals surface area contributed by atoms with E-state index in [1.165, 1.54) is 0 Å². The molecule has 1 aliphatic carbocycles. The van der Waals surface area contributed by atoms with Crippen molar-refractivity contribution < 1.29 is 14.6 Å². The highest BCUT2D eigenvalue weighted by atomic mass is 16.5. The van der Waals surface area contributed by atoms with E-state index in [9.17, 15) is 9.90 Å². The standard InChI is InChI=1S/C17H24O3/c1-11-8-13(17(6-7-17)15(18)19)9-12(14(11)20-5)10-16(2,3)4/h8-9H,6-7,10H2,1-5H3,(H,18,19). The molecule has 0 saturated heterocycles. The molecular weight excluding hydrogens is 252 g/mol. The van der Waals surface area contributed by atoms with Gasteiger partial charge in [0.2, 0.25) is 0 Å². The summed E-state index contributed by atoms with van der Waals surface area (Å²) in [5.74, 6) is 0.189. The third kappa shape index (κ3) is 2.67. The van der Waals surface area contributed by atoms with E-state index in [2.05, 4.69) is 20.8 Å². The van der Waals surface area contributed by atoms with Crippen LogP contribution >= 0.6 is 0 Å². The minimum atomic E-state index is -0.705. The van der Waals surface area contributed by atoms with Gasteiger partial charge in [-0.3, -0.25) is 4.79 Å². The topological polar surface area (TPSA) is 46.5 Å². The van der Waals surface area contributed by atoms with Crippen molar-refractivity contribution in [3.63, 3.8) is 0 Å². The first-order valence-electron chi connectivity index (χ1n) is 7.11. The van der Waals surface area contributed by atoms with Gasteiger partial charge in [0, 0.05) is 0 Å². The Hall–Kier alpha value is -1.51. The van der Waals surface area contributed by atoms with Crippen LogP contribution in [0.15, 0.2) is 12.1 Å². The molecule has 3 nitrogen and oxygen atoms in total. The highest BCUT2D eigenvalue weighted by Gasteiger charge is 2.52. The molecular formula is C17H24O3. The maximum absolute atomic E-state index is 11.5. The second kappa shape index (κ2) is 4.80. The number of carbonyl (C=O) groups is 1. The zero-order valence-corrected chi connectivity index (χ0v) is 13.0. The van der Waals surface area contributed by atoms with Gasteiger partial charge in [-0.2, -0.15) is 0 Å². The Morgan fingerprint density at radius 3 is 2.35 bits per heavy atom. The maximum atomic E-state index is 11.5. The van der Waals surface area contributed by atoms with E-state index in [1.54, 1.807) is 7.11 Å². The number of aryl methyl sites for hydroxylation is 1. The van der Waals surface area contributed by atoms with Gasteiger partial charge in [0.15, 0.2) is 0 Å². The molecule has 0 heterocycles. The van der Waals surface area contributed by atoms with Gasteiger partial charge in [-0.05, 0) is 48.3 Å². The third-order valence-electron chi connectivity index (χ3n) is 3.99. The smallest absolute Gasteiger partial charge is 0.314 e. The lowest BCUT2D eigenvalue weighted by molar-refractivity contribution is -0.140. The molecule has 1 aliphatic rings. The van der Waals surface area contributed by atoms with Crippen molar-refractivity contribution in [3.05, 3.63) is 28.8 Å². The quantitative estimate of drug-likeness (QED) is 0.912. The number of rotatable bonds is 4. The van der Waals surface area contributed by atoms with E-state index in [0.29, 0.717) is 0 Å². The van der Waals surface area contributed by atoms with E-state index in [0.717, 1.165) is 41.7 Å². The largest absolute Gasteiger partial charge is 0.496 e. The van der Waals surface area contributed by atoms with E-state index in [1.807, 2.05) is 19.1 Å². The third-order valence-corrected chi connectivity index (χ3v) is 3.99. The summed E-state index contributed by atoms with van der Waals surface area (Å²) in [4.78, 5) is 11.5. The molecule has 1 aromatic rings. The zero-order chi connectivity index (χ0) is 15.1. The second-order valence-electron chi connectivity index (χ2n) is 7.11. The molecule has 0 radical (unpaired) electrons. The Labute approximate surface area is 121 Å². The summed E-state index contributed by atoms with van der Waals surface area (Å²) in [6.45, 7) is 8.53. The van der Waals surface area contributed by atoms with Crippen molar-refractivity contribution >= 4 is 5.97 Å². The van der Waals surface area contributed by atoms with E-state index in [-0.39, 0.29) is 5.41 Å². The Morgan fingerprint density at radius 1 is 1.35 bits per heavy atom. The summed E-state index contributed by atoms with van der Waals surface area (Å²) in [7, 11) is 1.68. The van der Waals surface area contributed by atoms with Gasteiger partial charge < -0.3 is 9.84 Å². The molecule has 1 fully saturated rings. The fourth-order valence-corrected chi connectivity index (χ4v) is 2.87. The lowest BCUT2D eigenvalue weighted by atomic mass is 9.84. The van der Waals surface area contributed by atoms with Gasteiger partial charge in [-0.1, -0.05) is 32.9 Å². The Morgan fingerprint density at radius 2 is 1.95 bits per heavy atom. The average Bonchev–Trinajstić information content (AvgIpc) is 3.07. The van der Waals surface area contributed by atoms with Gasteiger partial charge >= 0.3 is 5.97 Å². The Bertz CT molecular complexity index is 534. The molecule has 1 N–H and O–H groups in total. The Balaban J connectivity index is 2.50. The van der Waals surface area contributed by atoms with Gasteiger partial charge in [0.1, 0.15) is 5.75 Å². The maximum Gasteiger partial charge on any atom is 0.314 e. The number of aliphatic carboxylic acids is 1. The minimum Gasteiger partial charge on any atom is -0.496 e. The van der Waals surface area contributed by atoms with Crippen LogP contribution < -0.4 is 4.74 Å². The Kier molecular flexibility index (Phi) is 3.57. The highest BCUT2D eigenvalue weighted by Crippen LogP contribution is 2.50. The highest BCUT2D eigenvalue weighted by molar-refractivity contribution is 5.85. The molecule has 110 valence electrons. The van der Waals surface area contributed by atoms with Gasteiger partial charge in [0.25, 0.3) is 0 Å². The molecule has 0 spiro atoms. The molecule has 0 amide bonds. The summed E-state index contributed by atoms with van der Waals surface area (Å²) >= 11 is 0. The SMILES string of the molecule is COc1c(C)cc(C2(C(=O)O)CC2)cc1CC(C)(C)C. The molecule has 0 atom stereocenters. The van der Waals surface area contributed by atoms with Crippen LogP contribution in [-0.2, 0) is 16.6 Å². The molecule has 0 unspecified atom stereocenters. The number of benzene rings is 1. The normalized spacial score (nSPS) is 16.9. The monoisotopic (exact) mass is 276 g/mol. The second-order valence-corrected chi connectivity index (χ2v) is 7.11. The first kappa shape index (κ1) is 14.9. The van der Waals surface area contributed by atoms with Crippen LogP contribution in [0.5, 0.6) is 5.75 Å². The van der Waals surface area contributed by atoms with Gasteiger partial charge in [-0.15, -0.1) is 0 Å². The molecule has 1 aromatic carbocycles. The first-order valence-corrected chi connectivity index (χ1v) is 7.11. The van der Waals surface area contributed by atoms with E-state index < -0.39 is 11.4 Å². The number of ether oxygens (including phenoxy) is 1. The summed E-state index contributed by atoms with van der Waals surface area (Å²) in [6, 6.07) is 4.02. The molecule has 1 saturated carbocycles. The molecule has 20 heavy (non-hydrogen) atoms. The van der Waals surface area contributed by atoms with Gasteiger partial charge in [0.05, 0.1) is 12.5 Å². The van der Waals surface area contributed by atoms with Crippen molar-refractivity contribution in [2.45, 2.75) is 52.4 Å². The predicted molar refractivity (Wildman–Crippen MR) is 79.4 cm³/mol. The molecule has 0 aromatic heterocycles. The molecule has 2 rings (SSSR count). The summed E-state index contributed by atoms with van der Waals surface area (Å²) < 4.78 is 5.52. The number of carboxylic acids is 1. The zero-order valence-electron chi connectivity index (χ0n) is 13.0. The van der Waals surface area contributed by atoms with Crippen LogP contribution in [0.2, 0.25) is 0 Å². The van der Waals surface area contributed by atoms with Crippen LogP contribution in [0.4, 0.5) is 0 Å². The number of hydrogen-bond donors (Lipinski definition) is 1. The molecule has 0 aliphatic heterocycles. The average molecular weight is 276 g/mol.